The first-order chi connectivity index (χ1) is 11.6. The van der Waals surface area contributed by atoms with Crippen molar-refractivity contribution in [2.75, 3.05) is 32.8 Å². The maximum absolute atomic E-state index is 13.0. The van der Waals surface area contributed by atoms with Gasteiger partial charge in [-0.3, -0.25) is 4.79 Å². The molecule has 0 bridgehead atoms. The van der Waals surface area contributed by atoms with Crippen molar-refractivity contribution < 1.29 is 19.0 Å². The van der Waals surface area contributed by atoms with E-state index in [0.717, 1.165) is 38.0 Å². The van der Waals surface area contributed by atoms with E-state index in [4.69, 9.17) is 4.74 Å². The van der Waals surface area contributed by atoms with E-state index in [1.807, 2.05) is 0 Å². The third kappa shape index (κ3) is 4.12. The van der Waals surface area contributed by atoms with Crippen LogP contribution in [0.15, 0.2) is 24.3 Å². The lowest BCUT2D eigenvalue weighted by Crippen LogP contribution is -2.46. The Morgan fingerprint density at radius 3 is 2.67 bits per heavy atom. The Kier molecular flexibility index (Phi) is 5.48. The monoisotopic (exact) mass is 336 g/mol. The number of piperidine rings is 1. The van der Waals surface area contributed by atoms with E-state index in [9.17, 15) is 14.3 Å². The number of benzene rings is 1. The second-order valence-electron chi connectivity index (χ2n) is 6.67. The molecule has 2 heterocycles. The lowest BCUT2D eigenvalue weighted by Gasteiger charge is -2.38. The largest absolute Gasteiger partial charge is 0.385 e. The molecule has 0 aromatic heterocycles. The highest BCUT2D eigenvalue weighted by molar-refractivity contribution is 5.80. The molecule has 2 aliphatic heterocycles. The van der Waals surface area contributed by atoms with Gasteiger partial charge in [-0.05, 0) is 43.4 Å². The summed E-state index contributed by atoms with van der Waals surface area (Å²) in [6.07, 6.45) is 2.69. The first-order valence-electron chi connectivity index (χ1n) is 8.67. The van der Waals surface area contributed by atoms with Crippen LogP contribution in [0.3, 0.4) is 0 Å². The molecule has 1 amide bonds. The molecule has 6 heteroatoms. The molecule has 132 valence electrons. The van der Waals surface area contributed by atoms with Crippen molar-refractivity contribution in [1.82, 2.24) is 10.2 Å². The molecule has 24 heavy (non-hydrogen) atoms. The van der Waals surface area contributed by atoms with Crippen molar-refractivity contribution in [3.8, 4) is 0 Å². The summed E-state index contributed by atoms with van der Waals surface area (Å²) >= 11 is 0. The fourth-order valence-corrected chi connectivity index (χ4v) is 3.43. The van der Waals surface area contributed by atoms with Crippen LogP contribution in [0.2, 0.25) is 0 Å². The second kappa shape index (κ2) is 7.59. The number of amides is 1. The van der Waals surface area contributed by atoms with Gasteiger partial charge in [-0.25, -0.2) is 4.39 Å². The Bertz CT molecular complexity index is 550. The summed E-state index contributed by atoms with van der Waals surface area (Å²) in [5, 5.41) is 13.7. The minimum atomic E-state index is -0.884. The van der Waals surface area contributed by atoms with E-state index in [-0.39, 0.29) is 17.8 Å². The summed E-state index contributed by atoms with van der Waals surface area (Å²) in [7, 11) is 0. The third-order valence-corrected chi connectivity index (χ3v) is 5.01. The van der Waals surface area contributed by atoms with E-state index < -0.39 is 5.60 Å². The van der Waals surface area contributed by atoms with Gasteiger partial charge in [-0.15, -0.1) is 0 Å². The number of ether oxygens (including phenoxy) is 1. The van der Waals surface area contributed by atoms with Crippen LogP contribution in [0.4, 0.5) is 4.39 Å². The molecule has 1 aromatic carbocycles. The number of hydrogen-bond donors (Lipinski definition) is 2. The number of hydrogen-bond acceptors (Lipinski definition) is 4. The lowest BCUT2D eigenvalue weighted by atomic mass is 9.84. The van der Waals surface area contributed by atoms with Crippen molar-refractivity contribution in [1.29, 1.82) is 0 Å². The molecule has 3 rings (SSSR count). The Hall–Kier alpha value is -1.50. The zero-order valence-corrected chi connectivity index (χ0v) is 13.8. The molecule has 0 radical (unpaired) electrons. The average Bonchev–Trinajstić information content (AvgIpc) is 3.12. The van der Waals surface area contributed by atoms with Gasteiger partial charge < -0.3 is 20.1 Å². The summed E-state index contributed by atoms with van der Waals surface area (Å²) in [5.74, 6) is -0.311. The number of nitrogens with one attached hydrogen (secondary N) is 1. The Labute approximate surface area is 141 Å². The van der Waals surface area contributed by atoms with Crippen LogP contribution in [0, 0.1) is 5.82 Å². The smallest absolute Gasteiger partial charge is 0.249 e. The molecule has 0 spiro atoms. The molecule has 2 saturated heterocycles. The molecule has 0 saturated carbocycles. The predicted octanol–water partition coefficient (Wildman–Crippen LogP) is 1.40. The summed E-state index contributed by atoms with van der Waals surface area (Å²) < 4.78 is 18.4. The van der Waals surface area contributed by atoms with E-state index >= 15 is 0 Å². The van der Waals surface area contributed by atoms with Crippen molar-refractivity contribution in [2.24, 2.45) is 0 Å². The van der Waals surface area contributed by atoms with Crippen LogP contribution in [0.1, 0.15) is 31.2 Å². The first kappa shape index (κ1) is 17.3. The molecule has 2 fully saturated rings. The fraction of sp³-hybridized carbons (Fsp3) is 0.611. The Balaban J connectivity index is 1.41. The van der Waals surface area contributed by atoms with Gasteiger partial charge in [-0.1, -0.05) is 12.1 Å². The summed E-state index contributed by atoms with van der Waals surface area (Å²) in [6, 6.07) is 6.10. The predicted molar refractivity (Wildman–Crippen MR) is 88.0 cm³/mol. The first-order valence-corrected chi connectivity index (χ1v) is 8.67. The quantitative estimate of drug-likeness (QED) is 0.853. The normalized spacial score (nSPS) is 24.0. The topological polar surface area (TPSA) is 61.8 Å². The van der Waals surface area contributed by atoms with E-state index in [1.165, 1.54) is 12.1 Å². The molecule has 2 aliphatic rings. The molecule has 2 N–H and O–H groups in total. The van der Waals surface area contributed by atoms with Crippen molar-refractivity contribution in [3.63, 3.8) is 0 Å². The van der Waals surface area contributed by atoms with Crippen LogP contribution >= 0.6 is 0 Å². The van der Waals surface area contributed by atoms with Crippen LogP contribution in [0.25, 0.3) is 0 Å². The van der Waals surface area contributed by atoms with Gasteiger partial charge in [0.15, 0.2) is 0 Å². The third-order valence-electron chi connectivity index (χ3n) is 5.01. The number of likely N-dealkylation sites (tertiary alicyclic amines) is 1. The van der Waals surface area contributed by atoms with E-state index in [2.05, 4.69) is 10.2 Å². The van der Waals surface area contributed by atoms with Gasteiger partial charge in [-0.2, -0.15) is 0 Å². The maximum atomic E-state index is 13.0. The number of rotatable bonds is 5. The second-order valence-corrected chi connectivity index (χ2v) is 6.67. The van der Waals surface area contributed by atoms with Crippen LogP contribution < -0.4 is 5.32 Å². The zero-order chi connectivity index (χ0) is 17.0. The zero-order valence-electron chi connectivity index (χ0n) is 13.8. The standard InChI is InChI=1S/C18H25FN2O3/c19-15-5-3-14(4-6-15)18(23)7-10-21(11-8-18)12-9-20-17(22)16-2-1-13-24-16/h3-6,16,23H,1-2,7-13H2,(H,20,22). The van der Waals surface area contributed by atoms with Gasteiger partial charge in [0.05, 0.1) is 5.60 Å². The van der Waals surface area contributed by atoms with Crippen molar-refractivity contribution >= 4 is 5.91 Å². The van der Waals surface area contributed by atoms with E-state index in [1.54, 1.807) is 12.1 Å². The highest BCUT2D eigenvalue weighted by Crippen LogP contribution is 2.32. The van der Waals surface area contributed by atoms with Crippen LogP contribution in [-0.2, 0) is 15.1 Å². The van der Waals surface area contributed by atoms with Gasteiger partial charge in [0, 0.05) is 32.8 Å². The van der Waals surface area contributed by atoms with Crippen LogP contribution in [0.5, 0.6) is 0 Å². The Morgan fingerprint density at radius 2 is 2.04 bits per heavy atom. The molecule has 1 aromatic rings. The number of halogens is 1. The lowest BCUT2D eigenvalue weighted by molar-refractivity contribution is -0.130. The summed E-state index contributed by atoms with van der Waals surface area (Å²) in [6.45, 7) is 3.53. The Morgan fingerprint density at radius 1 is 1.33 bits per heavy atom. The minimum Gasteiger partial charge on any atom is -0.385 e. The maximum Gasteiger partial charge on any atom is 0.249 e. The van der Waals surface area contributed by atoms with Gasteiger partial charge in [0.1, 0.15) is 11.9 Å². The SMILES string of the molecule is O=C(NCCN1CCC(O)(c2ccc(F)cc2)CC1)C1CCCO1. The number of carbonyl (C=O) groups is 1. The molecule has 5 nitrogen and oxygen atoms in total. The minimum absolute atomic E-state index is 0.0210. The molecular weight excluding hydrogens is 311 g/mol. The average molecular weight is 336 g/mol. The van der Waals surface area contributed by atoms with Gasteiger partial charge in [0.25, 0.3) is 0 Å². The summed E-state index contributed by atoms with van der Waals surface area (Å²) in [4.78, 5) is 14.1. The molecule has 0 aliphatic carbocycles. The number of nitrogens with zero attached hydrogens (tertiary/aromatic N) is 1. The fourth-order valence-electron chi connectivity index (χ4n) is 3.43. The number of carbonyl (C=O) groups excluding carboxylic acids is 1. The molecule has 1 unspecified atom stereocenters. The van der Waals surface area contributed by atoms with E-state index in [0.29, 0.717) is 26.0 Å². The highest BCUT2D eigenvalue weighted by Gasteiger charge is 2.33. The highest BCUT2D eigenvalue weighted by atomic mass is 19.1. The van der Waals surface area contributed by atoms with Crippen molar-refractivity contribution in [3.05, 3.63) is 35.6 Å². The van der Waals surface area contributed by atoms with Crippen molar-refractivity contribution in [2.45, 2.75) is 37.4 Å². The van der Waals surface area contributed by atoms with Gasteiger partial charge >= 0.3 is 0 Å². The molecular formula is C18H25FN2O3. The van der Waals surface area contributed by atoms with Crippen LogP contribution in [-0.4, -0.2) is 54.8 Å². The van der Waals surface area contributed by atoms with Gasteiger partial charge in [0.2, 0.25) is 5.91 Å². The summed E-state index contributed by atoms with van der Waals surface area (Å²) in [5.41, 5.74) is -0.110. The molecule has 1 atom stereocenters. The number of aliphatic hydroxyl groups is 1.